The zero-order valence-electron chi connectivity index (χ0n) is 14.6. The number of aromatic nitrogens is 1. The minimum absolute atomic E-state index is 0.120. The lowest BCUT2D eigenvalue weighted by molar-refractivity contribution is -0.118. The lowest BCUT2D eigenvalue weighted by atomic mass is 10.2. The van der Waals surface area contributed by atoms with Gasteiger partial charge in [0.15, 0.2) is 10.9 Å². The van der Waals surface area contributed by atoms with Crippen molar-refractivity contribution >= 4 is 51.5 Å². The summed E-state index contributed by atoms with van der Waals surface area (Å²) in [5, 5.41) is 4.01. The molecule has 3 aromatic rings. The molecule has 0 radical (unpaired) electrons. The van der Waals surface area contributed by atoms with Crippen LogP contribution in [0.4, 0.5) is 5.00 Å². The minimum atomic E-state index is -0.427. The molecule has 0 saturated carbocycles. The highest BCUT2D eigenvalue weighted by molar-refractivity contribution is 8.01. The van der Waals surface area contributed by atoms with Crippen LogP contribution < -0.4 is 15.8 Å². The smallest absolute Gasteiger partial charge is 0.262 e. The number of halogens is 1. The zero-order chi connectivity index (χ0) is 19.9. The van der Waals surface area contributed by atoms with E-state index >= 15 is 0 Å². The van der Waals surface area contributed by atoms with E-state index in [4.69, 9.17) is 22.1 Å². The quantitative estimate of drug-likeness (QED) is 0.522. The van der Waals surface area contributed by atoms with E-state index in [0.29, 0.717) is 25.8 Å². The second-order valence-corrected chi connectivity index (χ2v) is 8.23. The Labute approximate surface area is 175 Å². The molecular formula is C19H16ClN3O3S2. The molecule has 144 valence electrons. The lowest BCUT2D eigenvalue weighted by Crippen LogP contribution is -2.19. The standard InChI is InChI=1S/C19H16ClN3O3S2/c20-13-6-8-14(9-7-13)26-10-16(25)22-18-17(12-4-2-1-3-5-12)23-19(28-18)27-11-15(21)24/h1-9H,10-11H2,(H2,21,24)(H,22,25). The number of amides is 2. The Hall–Kier alpha value is -2.55. The second kappa shape index (κ2) is 9.59. The van der Waals surface area contributed by atoms with E-state index < -0.39 is 5.91 Å². The Morgan fingerprint density at radius 3 is 2.54 bits per heavy atom. The van der Waals surface area contributed by atoms with Gasteiger partial charge in [-0.2, -0.15) is 0 Å². The van der Waals surface area contributed by atoms with Gasteiger partial charge < -0.3 is 15.8 Å². The summed E-state index contributed by atoms with van der Waals surface area (Å²) in [7, 11) is 0. The maximum Gasteiger partial charge on any atom is 0.262 e. The van der Waals surface area contributed by atoms with Crippen molar-refractivity contribution in [1.29, 1.82) is 0 Å². The van der Waals surface area contributed by atoms with Crippen LogP contribution in [0.3, 0.4) is 0 Å². The minimum Gasteiger partial charge on any atom is -0.484 e. The summed E-state index contributed by atoms with van der Waals surface area (Å²) in [5.74, 6) is -0.0788. The van der Waals surface area contributed by atoms with E-state index in [0.717, 1.165) is 5.56 Å². The van der Waals surface area contributed by atoms with Crippen LogP contribution in [-0.4, -0.2) is 29.2 Å². The molecule has 28 heavy (non-hydrogen) atoms. The molecule has 0 bridgehead atoms. The first kappa shape index (κ1) is 20.2. The first-order valence-corrected chi connectivity index (χ1v) is 10.3. The maximum atomic E-state index is 12.3. The third-order valence-corrected chi connectivity index (χ3v) is 5.82. The third-order valence-electron chi connectivity index (χ3n) is 3.43. The molecular weight excluding hydrogens is 418 g/mol. The average Bonchev–Trinajstić information content (AvgIpc) is 3.09. The Bertz CT molecular complexity index is 962. The number of nitrogens with one attached hydrogen (secondary N) is 1. The number of carbonyl (C=O) groups excluding carboxylic acids is 2. The molecule has 2 aromatic carbocycles. The van der Waals surface area contributed by atoms with Crippen molar-refractivity contribution in [2.45, 2.75) is 4.34 Å². The van der Waals surface area contributed by atoms with Crippen molar-refractivity contribution in [3.63, 3.8) is 0 Å². The maximum absolute atomic E-state index is 12.3. The SMILES string of the molecule is NC(=O)CSc1nc(-c2ccccc2)c(NC(=O)COc2ccc(Cl)cc2)s1. The van der Waals surface area contributed by atoms with E-state index in [1.165, 1.54) is 23.1 Å². The van der Waals surface area contributed by atoms with Crippen LogP contribution in [-0.2, 0) is 9.59 Å². The highest BCUT2D eigenvalue weighted by Gasteiger charge is 2.16. The molecule has 1 aromatic heterocycles. The number of nitrogens with zero attached hydrogens (tertiary/aromatic N) is 1. The summed E-state index contributed by atoms with van der Waals surface area (Å²) in [6.45, 7) is -0.155. The molecule has 0 atom stereocenters. The Morgan fingerprint density at radius 2 is 1.86 bits per heavy atom. The molecule has 0 aliphatic rings. The van der Waals surface area contributed by atoms with Gasteiger partial charge in [0, 0.05) is 10.6 Å². The molecule has 0 saturated heterocycles. The van der Waals surface area contributed by atoms with Gasteiger partial charge in [-0.3, -0.25) is 9.59 Å². The number of hydrogen-bond acceptors (Lipinski definition) is 6. The van der Waals surface area contributed by atoms with Crippen LogP contribution in [0.1, 0.15) is 0 Å². The van der Waals surface area contributed by atoms with E-state index in [2.05, 4.69) is 10.3 Å². The normalized spacial score (nSPS) is 10.5. The van der Waals surface area contributed by atoms with Gasteiger partial charge in [-0.05, 0) is 24.3 Å². The van der Waals surface area contributed by atoms with Gasteiger partial charge in [-0.25, -0.2) is 4.98 Å². The summed E-state index contributed by atoms with van der Waals surface area (Å²) in [4.78, 5) is 27.9. The van der Waals surface area contributed by atoms with Crippen LogP contribution in [0.2, 0.25) is 5.02 Å². The highest BCUT2D eigenvalue weighted by atomic mass is 35.5. The Kier molecular flexibility index (Phi) is 6.91. The molecule has 0 fully saturated rings. The number of thioether (sulfide) groups is 1. The number of anilines is 1. The zero-order valence-corrected chi connectivity index (χ0v) is 16.9. The third kappa shape index (κ3) is 5.72. The number of thiazole rings is 1. The first-order chi connectivity index (χ1) is 13.5. The number of ether oxygens (including phenoxy) is 1. The summed E-state index contributed by atoms with van der Waals surface area (Å²) in [5.41, 5.74) is 6.70. The fourth-order valence-corrected chi connectivity index (χ4v) is 4.16. The fraction of sp³-hybridized carbons (Fsp3) is 0.105. The lowest BCUT2D eigenvalue weighted by Gasteiger charge is -2.07. The summed E-state index contributed by atoms with van der Waals surface area (Å²) < 4.78 is 6.12. The molecule has 0 aliphatic carbocycles. The topological polar surface area (TPSA) is 94.3 Å². The molecule has 0 aliphatic heterocycles. The van der Waals surface area contributed by atoms with Crippen LogP contribution in [0.25, 0.3) is 11.3 Å². The van der Waals surface area contributed by atoms with E-state index in [1.54, 1.807) is 24.3 Å². The summed E-state index contributed by atoms with van der Waals surface area (Å²) in [6.07, 6.45) is 0. The van der Waals surface area contributed by atoms with Gasteiger partial charge in [-0.15, -0.1) is 0 Å². The number of carbonyl (C=O) groups is 2. The predicted molar refractivity (Wildman–Crippen MR) is 113 cm³/mol. The van der Waals surface area contributed by atoms with E-state index in [1.807, 2.05) is 30.3 Å². The van der Waals surface area contributed by atoms with Gasteiger partial charge in [0.2, 0.25) is 5.91 Å². The van der Waals surface area contributed by atoms with Crippen molar-refractivity contribution in [3.05, 3.63) is 59.6 Å². The summed E-state index contributed by atoms with van der Waals surface area (Å²) in [6, 6.07) is 16.2. The monoisotopic (exact) mass is 433 g/mol. The fourth-order valence-electron chi connectivity index (χ4n) is 2.21. The van der Waals surface area contributed by atoms with Crippen LogP contribution >= 0.6 is 34.7 Å². The number of nitrogens with two attached hydrogens (primary N) is 1. The van der Waals surface area contributed by atoms with E-state index in [9.17, 15) is 9.59 Å². The van der Waals surface area contributed by atoms with Gasteiger partial charge in [0.05, 0.1) is 5.75 Å². The number of hydrogen-bond donors (Lipinski definition) is 2. The molecule has 0 spiro atoms. The molecule has 3 rings (SSSR count). The van der Waals surface area contributed by atoms with Crippen LogP contribution in [0.5, 0.6) is 5.75 Å². The van der Waals surface area contributed by atoms with Gasteiger partial charge in [0.1, 0.15) is 16.4 Å². The highest BCUT2D eigenvalue weighted by Crippen LogP contribution is 2.37. The van der Waals surface area contributed by atoms with Gasteiger partial charge in [-0.1, -0.05) is 65.0 Å². The largest absolute Gasteiger partial charge is 0.484 e. The van der Waals surface area contributed by atoms with Crippen molar-refractivity contribution in [2.24, 2.45) is 5.73 Å². The van der Waals surface area contributed by atoms with Crippen molar-refractivity contribution < 1.29 is 14.3 Å². The van der Waals surface area contributed by atoms with Crippen molar-refractivity contribution in [1.82, 2.24) is 4.98 Å². The average molecular weight is 434 g/mol. The predicted octanol–water partition coefficient (Wildman–Crippen LogP) is 4.06. The molecule has 3 N–H and O–H groups in total. The first-order valence-electron chi connectivity index (χ1n) is 8.17. The van der Waals surface area contributed by atoms with Crippen LogP contribution in [0.15, 0.2) is 58.9 Å². The van der Waals surface area contributed by atoms with Crippen molar-refractivity contribution in [3.8, 4) is 17.0 Å². The van der Waals surface area contributed by atoms with Crippen molar-refractivity contribution in [2.75, 3.05) is 17.7 Å². The molecule has 0 unspecified atom stereocenters. The van der Waals surface area contributed by atoms with Gasteiger partial charge >= 0.3 is 0 Å². The molecule has 1 heterocycles. The second-order valence-electron chi connectivity index (χ2n) is 5.57. The summed E-state index contributed by atoms with van der Waals surface area (Å²) >= 11 is 8.36. The van der Waals surface area contributed by atoms with E-state index in [-0.39, 0.29) is 18.3 Å². The molecule has 2 amide bonds. The Balaban J connectivity index is 1.72. The number of primary amides is 1. The van der Waals surface area contributed by atoms with Gasteiger partial charge in [0.25, 0.3) is 5.91 Å². The molecule has 6 nitrogen and oxygen atoms in total. The number of rotatable bonds is 8. The number of benzene rings is 2. The molecule has 9 heteroatoms. The Morgan fingerprint density at radius 1 is 1.14 bits per heavy atom. The van der Waals surface area contributed by atoms with Crippen LogP contribution in [0, 0.1) is 0 Å².